The van der Waals surface area contributed by atoms with Crippen LogP contribution in [0.15, 0.2) is 41.8 Å². The van der Waals surface area contributed by atoms with Crippen molar-refractivity contribution in [1.82, 2.24) is 15.2 Å². The number of benzene rings is 1. The van der Waals surface area contributed by atoms with E-state index in [-0.39, 0.29) is 11.8 Å². The SMILES string of the molecule is CC(=O)NCC1CCN(C(=O)c2c3c(nc4ccccc24)/C(=C\c2cccs2)CC3)CC1. The van der Waals surface area contributed by atoms with Gasteiger partial charge in [0.1, 0.15) is 0 Å². The number of hydrogen-bond acceptors (Lipinski definition) is 4. The molecule has 1 saturated heterocycles. The number of pyridine rings is 1. The lowest BCUT2D eigenvalue weighted by molar-refractivity contribution is -0.119. The number of fused-ring (bicyclic) bond motifs is 2. The number of aromatic nitrogens is 1. The van der Waals surface area contributed by atoms with Crippen molar-refractivity contribution in [3.05, 3.63) is 63.5 Å². The van der Waals surface area contributed by atoms with Crippen LogP contribution < -0.4 is 5.32 Å². The predicted molar refractivity (Wildman–Crippen MR) is 130 cm³/mol. The number of allylic oxidation sites excluding steroid dienone is 1. The summed E-state index contributed by atoms with van der Waals surface area (Å²) in [5.74, 6) is 0.562. The van der Waals surface area contributed by atoms with Crippen molar-refractivity contribution in [2.24, 2.45) is 5.92 Å². The van der Waals surface area contributed by atoms with Crippen molar-refractivity contribution in [2.45, 2.75) is 32.6 Å². The zero-order valence-electron chi connectivity index (χ0n) is 18.3. The van der Waals surface area contributed by atoms with Crippen LogP contribution in [0.2, 0.25) is 0 Å². The van der Waals surface area contributed by atoms with Crippen LogP contribution in [0.5, 0.6) is 0 Å². The minimum Gasteiger partial charge on any atom is -0.356 e. The van der Waals surface area contributed by atoms with E-state index in [1.165, 1.54) is 10.5 Å². The molecule has 32 heavy (non-hydrogen) atoms. The van der Waals surface area contributed by atoms with Gasteiger partial charge in [0.2, 0.25) is 5.91 Å². The monoisotopic (exact) mass is 445 g/mol. The lowest BCUT2D eigenvalue weighted by Gasteiger charge is -2.32. The maximum Gasteiger partial charge on any atom is 0.254 e. The van der Waals surface area contributed by atoms with Crippen molar-refractivity contribution >= 4 is 45.7 Å². The number of para-hydroxylation sites is 1. The number of likely N-dealkylation sites (tertiary alicyclic amines) is 1. The van der Waals surface area contributed by atoms with Gasteiger partial charge in [-0.1, -0.05) is 24.3 Å². The van der Waals surface area contributed by atoms with Gasteiger partial charge in [-0.3, -0.25) is 9.59 Å². The van der Waals surface area contributed by atoms with E-state index < -0.39 is 0 Å². The van der Waals surface area contributed by atoms with Gasteiger partial charge in [-0.25, -0.2) is 4.98 Å². The van der Waals surface area contributed by atoms with Crippen LogP contribution in [0.1, 0.15) is 52.7 Å². The van der Waals surface area contributed by atoms with Gasteiger partial charge in [-0.2, -0.15) is 0 Å². The molecule has 5 rings (SSSR count). The van der Waals surface area contributed by atoms with Crippen molar-refractivity contribution in [3.8, 4) is 0 Å². The van der Waals surface area contributed by atoms with Crippen molar-refractivity contribution < 1.29 is 9.59 Å². The Morgan fingerprint density at radius 2 is 1.97 bits per heavy atom. The molecule has 2 aliphatic rings. The first-order chi connectivity index (χ1) is 15.6. The van der Waals surface area contributed by atoms with E-state index in [2.05, 4.69) is 28.9 Å². The van der Waals surface area contributed by atoms with Crippen molar-refractivity contribution in [1.29, 1.82) is 0 Å². The number of nitrogens with zero attached hydrogens (tertiary/aromatic N) is 2. The van der Waals surface area contributed by atoms with Crippen LogP contribution in [0.25, 0.3) is 22.6 Å². The van der Waals surface area contributed by atoms with E-state index in [0.29, 0.717) is 12.5 Å². The Hall–Kier alpha value is -2.99. The predicted octanol–water partition coefficient (Wildman–Crippen LogP) is 4.77. The summed E-state index contributed by atoms with van der Waals surface area (Å²) in [5.41, 5.74) is 5.02. The average molecular weight is 446 g/mol. The molecule has 3 heterocycles. The number of hydrogen-bond donors (Lipinski definition) is 1. The Bertz CT molecular complexity index is 1190. The number of carbonyl (C=O) groups is 2. The topological polar surface area (TPSA) is 62.3 Å². The Labute approximate surface area is 192 Å². The summed E-state index contributed by atoms with van der Waals surface area (Å²) < 4.78 is 0. The summed E-state index contributed by atoms with van der Waals surface area (Å²) in [7, 11) is 0. The molecule has 0 radical (unpaired) electrons. The Morgan fingerprint density at radius 3 is 2.72 bits per heavy atom. The molecule has 1 fully saturated rings. The fourth-order valence-corrected chi connectivity index (χ4v) is 5.54. The second-order valence-electron chi connectivity index (χ2n) is 8.69. The Balaban J connectivity index is 1.47. The van der Waals surface area contributed by atoms with Gasteiger partial charge in [0, 0.05) is 36.8 Å². The van der Waals surface area contributed by atoms with Crippen molar-refractivity contribution in [2.75, 3.05) is 19.6 Å². The molecule has 1 N–H and O–H groups in total. The molecule has 5 nitrogen and oxygen atoms in total. The minimum atomic E-state index is 0.00808. The molecule has 164 valence electrons. The van der Waals surface area contributed by atoms with Gasteiger partial charge >= 0.3 is 0 Å². The smallest absolute Gasteiger partial charge is 0.254 e. The largest absolute Gasteiger partial charge is 0.356 e. The van der Waals surface area contributed by atoms with Crippen LogP contribution >= 0.6 is 11.3 Å². The van der Waals surface area contributed by atoms with Gasteiger partial charge in [-0.05, 0) is 66.3 Å². The van der Waals surface area contributed by atoms with Gasteiger partial charge in [0.25, 0.3) is 5.91 Å². The quantitative estimate of drug-likeness (QED) is 0.629. The molecule has 6 heteroatoms. The summed E-state index contributed by atoms with van der Waals surface area (Å²) in [6.07, 6.45) is 5.82. The molecule has 0 spiro atoms. The van der Waals surface area contributed by atoms with Crippen LogP contribution in [0.3, 0.4) is 0 Å². The third kappa shape index (κ3) is 4.07. The van der Waals surface area contributed by atoms with E-state index in [0.717, 1.165) is 66.5 Å². The molecule has 0 unspecified atom stereocenters. The third-order valence-electron chi connectivity index (χ3n) is 6.56. The molecule has 1 aliphatic carbocycles. The normalized spacial score (nSPS) is 17.7. The van der Waals surface area contributed by atoms with E-state index in [1.54, 1.807) is 18.3 Å². The highest BCUT2D eigenvalue weighted by Gasteiger charge is 2.31. The van der Waals surface area contributed by atoms with E-state index in [4.69, 9.17) is 4.98 Å². The molecule has 1 aromatic carbocycles. The van der Waals surface area contributed by atoms with Crippen molar-refractivity contribution in [3.63, 3.8) is 0 Å². The number of nitrogens with one attached hydrogen (secondary N) is 1. The lowest BCUT2D eigenvalue weighted by Crippen LogP contribution is -2.41. The molecule has 0 bridgehead atoms. The fraction of sp³-hybridized carbons (Fsp3) is 0.346. The molecule has 2 aromatic heterocycles. The van der Waals surface area contributed by atoms with Gasteiger partial charge in [0.15, 0.2) is 0 Å². The highest BCUT2D eigenvalue weighted by molar-refractivity contribution is 7.10. The first-order valence-electron chi connectivity index (χ1n) is 11.3. The van der Waals surface area contributed by atoms with Crippen LogP contribution in [0, 0.1) is 5.92 Å². The van der Waals surface area contributed by atoms with Crippen LogP contribution in [-0.2, 0) is 11.2 Å². The highest BCUT2D eigenvalue weighted by atomic mass is 32.1. The lowest BCUT2D eigenvalue weighted by atomic mass is 9.94. The fourth-order valence-electron chi connectivity index (χ4n) is 4.85. The zero-order valence-corrected chi connectivity index (χ0v) is 19.1. The molecule has 1 aliphatic heterocycles. The second-order valence-corrected chi connectivity index (χ2v) is 9.67. The molecular formula is C26H27N3O2S. The summed E-state index contributed by atoms with van der Waals surface area (Å²) in [6, 6.07) is 12.2. The third-order valence-corrected chi connectivity index (χ3v) is 7.38. The van der Waals surface area contributed by atoms with E-state index in [9.17, 15) is 9.59 Å². The number of piperidine rings is 1. The first-order valence-corrected chi connectivity index (χ1v) is 12.2. The first kappa shape index (κ1) is 20.9. The second kappa shape index (κ2) is 8.87. The molecule has 3 aromatic rings. The average Bonchev–Trinajstić information content (AvgIpc) is 3.46. The number of amides is 2. The number of thiophene rings is 1. The number of carbonyl (C=O) groups excluding carboxylic acids is 2. The van der Waals surface area contributed by atoms with Gasteiger partial charge in [0.05, 0.1) is 16.8 Å². The molecular weight excluding hydrogens is 418 g/mol. The zero-order chi connectivity index (χ0) is 22.1. The summed E-state index contributed by atoms with van der Waals surface area (Å²) in [5, 5.41) is 5.95. The number of rotatable bonds is 4. The minimum absolute atomic E-state index is 0.00808. The van der Waals surface area contributed by atoms with E-state index >= 15 is 0 Å². The van der Waals surface area contributed by atoms with Gasteiger partial charge < -0.3 is 10.2 Å². The molecule has 2 amide bonds. The summed E-state index contributed by atoms with van der Waals surface area (Å²) in [6.45, 7) is 3.70. The van der Waals surface area contributed by atoms with Gasteiger partial charge in [-0.15, -0.1) is 11.3 Å². The highest BCUT2D eigenvalue weighted by Crippen LogP contribution is 2.38. The maximum atomic E-state index is 13.8. The Kier molecular flexibility index (Phi) is 5.79. The summed E-state index contributed by atoms with van der Waals surface area (Å²) >= 11 is 1.72. The van der Waals surface area contributed by atoms with E-state index in [1.807, 2.05) is 29.2 Å². The van der Waals surface area contributed by atoms with Crippen LogP contribution in [-0.4, -0.2) is 41.3 Å². The maximum absolute atomic E-state index is 13.8. The summed E-state index contributed by atoms with van der Waals surface area (Å²) in [4.78, 5) is 33.2. The van der Waals surface area contributed by atoms with Crippen LogP contribution in [0.4, 0.5) is 0 Å². The Morgan fingerprint density at radius 1 is 1.16 bits per heavy atom. The molecule has 0 saturated carbocycles. The molecule has 0 atom stereocenters. The standard InChI is InChI=1S/C26H27N3O2S/c1-17(30)27-16-18-10-12-29(13-11-18)26(31)24-21-6-2-3-7-23(21)28-25-19(8-9-22(24)25)15-20-5-4-14-32-20/h2-7,14-15,18H,8-13,16H2,1H3,(H,27,30)/b19-15-.